The van der Waals surface area contributed by atoms with Crippen molar-refractivity contribution in [3.8, 4) is 0 Å². The van der Waals surface area contributed by atoms with Crippen LogP contribution in [-0.4, -0.2) is 49.1 Å². The van der Waals surface area contributed by atoms with Crippen molar-refractivity contribution >= 4 is 5.78 Å². The molecule has 0 bridgehead atoms. The molecule has 0 radical (unpaired) electrons. The number of ether oxygens (including phenoxy) is 2. The summed E-state index contributed by atoms with van der Waals surface area (Å²) in [5.74, 6) is -0.814. The molecular weight excluding hydrogens is 318 g/mol. The summed E-state index contributed by atoms with van der Waals surface area (Å²) in [6, 6.07) is 0. The van der Waals surface area contributed by atoms with Crippen molar-refractivity contribution in [1.82, 2.24) is 5.32 Å². The van der Waals surface area contributed by atoms with E-state index in [1.165, 1.54) is 0 Å². The van der Waals surface area contributed by atoms with Crippen LogP contribution in [0.5, 0.6) is 0 Å². The van der Waals surface area contributed by atoms with Crippen LogP contribution in [0.15, 0.2) is 0 Å². The van der Waals surface area contributed by atoms with Gasteiger partial charge in [0, 0.05) is 5.92 Å². The Morgan fingerprint density at radius 2 is 2.04 bits per heavy atom. The maximum Gasteiger partial charge on any atom is 0.163 e. The Balaban J connectivity index is 2.81. The van der Waals surface area contributed by atoms with E-state index >= 15 is 0 Å². The zero-order chi connectivity index (χ0) is 19.3. The van der Waals surface area contributed by atoms with Crippen LogP contribution >= 0.6 is 0 Å². The van der Waals surface area contributed by atoms with Crippen LogP contribution in [0.2, 0.25) is 0 Å². The molecule has 0 aromatic carbocycles. The van der Waals surface area contributed by atoms with Crippen LogP contribution in [0.3, 0.4) is 0 Å². The molecule has 2 N–H and O–H groups in total. The molecule has 0 unspecified atom stereocenters. The number of ketones is 1. The first kappa shape index (κ1) is 22.6. The number of rotatable bonds is 10. The van der Waals surface area contributed by atoms with Crippen molar-refractivity contribution in [2.75, 3.05) is 20.2 Å². The van der Waals surface area contributed by atoms with E-state index in [2.05, 4.69) is 5.32 Å². The van der Waals surface area contributed by atoms with E-state index in [1.807, 2.05) is 48.6 Å². The summed E-state index contributed by atoms with van der Waals surface area (Å²) in [5, 5.41) is 13.9. The average molecular weight is 358 g/mol. The molecule has 1 aliphatic heterocycles. The minimum Gasteiger partial charge on any atom is -0.392 e. The van der Waals surface area contributed by atoms with Gasteiger partial charge in [-0.3, -0.25) is 4.79 Å². The summed E-state index contributed by atoms with van der Waals surface area (Å²) in [7, 11) is 1.93. The van der Waals surface area contributed by atoms with Gasteiger partial charge in [0.25, 0.3) is 0 Å². The molecule has 1 rings (SSSR count). The number of aliphatic hydroxyl groups is 1. The number of hydrogen-bond donors (Lipinski definition) is 2. The fourth-order valence-corrected chi connectivity index (χ4v) is 3.74. The van der Waals surface area contributed by atoms with Crippen LogP contribution < -0.4 is 5.32 Å². The Morgan fingerprint density at radius 1 is 1.40 bits per heavy atom. The Hall–Kier alpha value is -0.490. The highest BCUT2D eigenvalue weighted by molar-refractivity contribution is 5.87. The van der Waals surface area contributed by atoms with Crippen molar-refractivity contribution in [2.45, 2.75) is 85.2 Å². The van der Waals surface area contributed by atoms with E-state index in [1.54, 1.807) is 0 Å². The van der Waals surface area contributed by atoms with Crippen molar-refractivity contribution in [1.29, 1.82) is 0 Å². The Labute approximate surface area is 153 Å². The highest BCUT2D eigenvalue weighted by Gasteiger charge is 2.46. The molecule has 1 fully saturated rings. The van der Waals surface area contributed by atoms with Crippen molar-refractivity contribution in [2.24, 2.45) is 17.3 Å². The van der Waals surface area contributed by atoms with E-state index in [0.717, 1.165) is 19.4 Å². The topological polar surface area (TPSA) is 67.8 Å². The normalized spacial score (nSPS) is 24.6. The summed E-state index contributed by atoms with van der Waals surface area (Å²) in [5.41, 5.74) is -0.645. The maximum atomic E-state index is 13.3. The maximum absolute atomic E-state index is 13.3. The second-order valence-electron chi connectivity index (χ2n) is 8.46. The lowest BCUT2D eigenvalue weighted by atomic mass is 9.71. The lowest BCUT2D eigenvalue weighted by molar-refractivity contribution is -0.289. The molecule has 0 spiro atoms. The molecule has 1 heterocycles. The van der Waals surface area contributed by atoms with Gasteiger partial charge in [-0.1, -0.05) is 27.7 Å². The quantitative estimate of drug-likeness (QED) is 0.588. The van der Waals surface area contributed by atoms with Gasteiger partial charge in [0.15, 0.2) is 5.79 Å². The minimum atomic E-state index is -0.665. The first-order chi connectivity index (χ1) is 11.6. The smallest absolute Gasteiger partial charge is 0.163 e. The van der Waals surface area contributed by atoms with Gasteiger partial charge in [-0.25, -0.2) is 0 Å². The fourth-order valence-electron chi connectivity index (χ4n) is 3.74. The first-order valence-corrected chi connectivity index (χ1v) is 9.75. The van der Waals surface area contributed by atoms with Crippen LogP contribution in [0.25, 0.3) is 0 Å². The molecular formula is C20H39NO4. The predicted octanol–water partition coefficient (Wildman–Crippen LogP) is 3.15. The van der Waals surface area contributed by atoms with Gasteiger partial charge in [0.2, 0.25) is 0 Å². The third-order valence-corrected chi connectivity index (χ3v) is 5.55. The van der Waals surface area contributed by atoms with Gasteiger partial charge in [-0.15, -0.1) is 0 Å². The van der Waals surface area contributed by atoms with E-state index in [0.29, 0.717) is 19.4 Å². The highest BCUT2D eigenvalue weighted by atomic mass is 16.7. The SMILES string of the molecule is CC[C@@H](C(=O)C(C)(C)[C@@H]1CCOC(C)(C)O1)[C@@H](O)[C@@H](C)CCCNC. The molecule has 1 aliphatic rings. The van der Waals surface area contributed by atoms with Crippen LogP contribution in [-0.2, 0) is 14.3 Å². The second-order valence-corrected chi connectivity index (χ2v) is 8.46. The van der Waals surface area contributed by atoms with Crippen molar-refractivity contribution in [3.05, 3.63) is 0 Å². The van der Waals surface area contributed by atoms with Crippen molar-refractivity contribution in [3.63, 3.8) is 0 Å². The first-order valence-electron chi connectivity index (χ1n) is 9.75. The van der Waals surface area contributed by atoms with E-state index in [4.69, 9.17) is 9.47 Å². The van der Waals surface area contributed by atoms with Gasteiger partial charge >= 0.3 is 0 Å². The van der Waals surface area contributed by atoms with E-state index in [9.17, 15) is 9.90 Å². The van der Waals surface area contributed by atoms with Crippen LogP contribution in [0, 0.1) is 17.3 Å². The molecule has 148 valence electrons. The van der Waals surface area contributed by atoms with Gasteiger partial charge in [-0.2, -0.15) is 0 Å². The average Bonchev–Trinajstić information content (AvgIpc) is 2.54. The number of aliphatic hydroxyl groups excluding tert-OH is 1. The molecule has 0 amide bonds. The summed E-state index contributed by atoms with van der Waals surface area (Å²) < 4.78 is 11.7. The summed E-state index contributed by atoms with van der Waals surface area (Å²) >= 11 is 0. The van der Waals surface area contributed by atoms with E-state index in [-0.39, 0.29) is 23.7 Å². The monoisotopic (exact) mass is 357 g/mol. The molecule has 1 saturated heterocycles. The van der Waals surface area contributed by atoms with E-state index < -0.39 is 17.3 Å². The zero-order valence-corrected chi connectivity index (χ0v) is 17.2. The molecule has 4 atom stereocenters. The van der Waals surface area contributed by atoms with Gasteiger partial charge in [0.1, 0.15) is 5.78 Å². The number of Topliss-reactive ketones (excluding diaryl/α,β-unsaturated/α-hetero) is 1. The molecule has 0 aromatic heterocycles. The molecule has 5 heteroatoms. The number of nitrogens with one attached hydrogen (secondary N) is 1. The third kappa shape index (κ3) is 6.02. The van der Waals surface area contributed by atoms with Gasteiger partial charge in [0.05, 0.1) is 24.2 Å². The fraction of sp³-hybridized carbons (Fsp3) is 0.950. The Bertz CT molecular complexity index is 422. The number of carbonyl (C=O) groups is 1. The largest absolute Gasteiger partial charge is 0.392 e. The Morgan fingerprint density at radius 3 is 2.56 bits per heavy atom. The highest BCUT2D eigenvalue weighted by Crippen LogP contribution is 2.38. The third-order valence-electron chi connectivity index (χ3n) is 5.55. The van der Waals surface area contributed by atoms with Gasteiger partial charge < -0.3 is 19.9 Å². The molecule has 5 nitrogen and oxygen atoms in total. The summed E-state index contributed by atoms with van der Waals surface area (Å²) in [6.45, 7) is 13.2. The standard InChI is InChI=1S/C20H39NO4/c1-8-15(17(22)14(2)10-9-12-21-7)18(23)19(3,4)16-11-13-24-20(5,6)25-16/h14-17,21-22H,8-13H2,1-7H3/t14-,15+,16-,17-/m0/s1. The van der Waals surface area contributed by atoms with Crippen molar-refractivity contribution < 1.29 is 19.4 Å². The van der Waals surface area contributed by atoms with Crippen LogP contribution in [0.1, 0.15) is 67.2 Å². The molecule has 25 heavy (non-hydrogen) atoms. The predicted molar refractivity (Wildman–Crippen MR) is 100 cm³/mol. The molecule has 0 aliphatic carbocycles. The summed E-state index contributed by atoms with van der Waals surface area (Å²) in [4.78, 5) is 13.3. The lowest BCUT2D eigenvalue weighted by Crippen LogP contribution is -2.52. The van der Waals surface area contributed by atoms with Gasteiger partial charge in [-0.05, 0) is 59.0 Å². The second kappa shape index (κ2) is 9.45. The lowest BCUT2D eigenvalue weighted by Gasteiger charge is -2.44. The summed E-state index contributed by atoms with van der Waals surface area (Å²) in [6.07, 6.45) is 2.46. The van der Waals surface area contributed by atoms with Crippen LogP contribution in [0.4, 0.5) is 0 Å². The number of hydrogen-bond acceptors (Lipinski definition) is 5. The Kier molecular flexibility index (Phi) is 8.52. The zero-order valence-electron chi connectivity index (χ0n) is 17.2. The molecule has 0 aromatic rings. The minimum absolute atomic E-state index is 0.102. The number of carbonyl (C=O) groups excluding carboxylic acids is 1. The molecule has 0 saturated carbocycles.